The number of anilines is 1. The van der Waals surface area contributed by atoms with Crippen molar-refractivity contribution in [3.63, 3.8) is 0 Å². The van der Waals surface area contributed by atoms with E-state index in [4.69, 9.17) is 20.8 Å². The SMILES string of the molecule is CNC(=O)C1CN(C(=O)CCc2ncc(-c3ccc(Cl)cc3)o2)c2ccccc2O1. The predicted molar refractivity (Wildman–Crippen MR) is 113 cm³/mol. The van der Waals surface area contributed by atoms with Crippen molar-refractivity contribution >= 4 is 29.1 Å². The maximum absolute atomic E-state index is 13.0. The average Bonchev–Trinajstić information content (AvgIpc) is 3.25. The zero-order valence-electron chi connectivity index (χ0n) is 16.3. The molecule has 1 unspecified atom stereocenters. The number of carbonyl (C=O) groups excluding carboxylic acids is 2. The Balaban J connectivity index is 1.46. The van der Waals surface area contributed by atoms with E-state index in [1.165, 1.54) is 0 Å². The Bertz CT molecular complexity index is 1060. The number of amides is 2. The molecule has 1 N–H and O–H groups in total. The molecular weight excluding hydrogens is 406 g/mol. The molecule has 1 aliphatic rings. The summed E-state index contributed by atoms with van der Waals surface area (Å²) in [5, 5.41) is 3.21. The Hall–Kier alpha value is -3.32. The Morgan fingerprint density at radius 2 is 1.97 bits per heavy atom. The predicted octanol–water partition coefficient (Wildman–Crippen LogP) is 3.47. The molecule has 0 fully saturated rings. The lowest BCUT2D eigenvalue weighted by Gasteiger charge is -2.34. The molecular formula is C22H20ClN3O4. The molecule has 4 rings (SSSR count). The van der Waals surface area contributed by atoms with Crippen molar-refractivity contribution < 1.29 is 18.7 Å². The molecule has 0 saturated heterocycles. The number of carbonyl (C=O) groups is 2. The second-order valence-electron chi connectivity index (χ2n) is 6.82. The summed E-state index contributed by atoms with van der Waals surface area (Å²) in [7, 11) is 1.54. The maximum Gasteiger partial charge on any atom is 0.262 e. The normalized spacial score (nSPS) is 15.3. The van der Waals surface area contributed by atoms with Crippen LogP contribution in [0, 0.1) is 0 Å². The third-order valence-electron chi connectivity index (χ3n) is 4.85. The van der Waals surface area contributed by atoms with Gasteiger partial charge in [0.15, 0.2) is 17.8 Å². The average molecular weight is 426 g/mol. The zero-order valence-corrected chi connectivity index (χ0v) is 17.1. The van der Waals surface area contributed by atoms with Gasteiger partial charge in [-0.2, -0.15) is 0 Å². The van der Waals surface area contributed by atoms with Gasteiger partial charge in [-0.1, -0.05) is 23.7 Å². The summed E-state index contributed by atoms with van der Waals surface area (Å²) in [5.74, 6) is 1.18. The number of aromatic nitrogens is 1. The zero-order chi connectivity index (χ0) is 21.1. The molecule has 2 amide bonds. The first-order chi connectivity index (χ1) is 14.5. The first kappa shape index (κ1) is 20.0. The van der Waals surface area contributed by atoms with Crippen molar-refractivity contribution in [2.45, 2.75) is 18.9 Å². The van der Waals surface area contributed by atoms with Gasteiger partial charge in [0.1, 0.15) is 5.75 Å². The van der Waals surface area contributed by atoms with Crippen LogP contribution in [0.3, 0.4) is 0 Å². The van der Waals surface area contributed by atoms with Crippen LogP contribution >= 0.6 is 11.6 Å². The second-order valence-corrected chi connectivity index (χ2v) is 7.25. The van der Waals surface area contributed by atoms with Crippen molar-refractivity contribution in [3.05, 3.63) is 65.6 Å². The standard InChI is InChI=1S/C22H20ClN3O4/c1-24-22(28)19-13-26(16-4-2-3-5-17(16)29-19)21(27)11-10-20-25-12-18(30-20)14-6-8-15(23)9-7-14/h2-9,12,19H,10-11,13H2,1H3,(H,24,28). The van der Waals surface area contributed by atoms with Crippen molar-refractivity contribution in [2.75, 3.05) is 18.5 Å². The molecule has 2 heterocycles. The van der Waals surface area contributed by atoms with Gasteiger partial charge >= 0.3 is 0 Å². The highest BCUT2D eigenvalue weighted by Crippen LogP contribution is 2.33. The van der Waals surface area contributed by atoms with E-state index in [1.807, 2.05) is 18.2 Å². The molecule has 7 nitrogen and oxygen atoms in total. The number of benzene rings is 2. The van der Waals surface area contributed by atoms with E-state index >= 15 is 0 Å². The molecule has 3 aromatic rings. The number of likely N-dealkylation sites (N-methyl/N-ethyl adjacent to an activating group) is 1. The minimum Gasteiger partial charge on any atom is -0.477 e. The number of fused-ring (bicyclic) bond motifs is 1. The van der Waals surface area contributed by atoms with Crippen molar-refractivity contribution in [1.29, 1.82) is 0 Å². The highest BCUT2D eigenvalue weighted by Gasteiger charge is 2.33. The van der Waals surface area contributed by atoms with Gasteiger partial charge in [0.05, 0.1) is 18.4 Å². The van der Waals surface area contributed by atoms with Gasteiger partial charge in [-0.3, -0.25) is 9.59 Å². The molecule has 0 radical (unpaired) electrons. The summed E-state index contributed by atoms with van der Waals surface area (Å²) in [6.45, 7) is 0.150. The molecule has 0 saturated carbocycles. The topological polar surface area (TPSA) is 84.7 Å². The van der Waals surface area contributed by atoms with Crippen LogP contribution in [-0.4, -0.2) is 36.5 Å². The molecule has 1 aliphatic heterocycles. The van der Waals surface area contributed by atoms with Crippen LogP contribution in [0.25, 0.3) is 11.3 Å². The maximum atomic E-state index is 13.0. The van der Waals surface area contributed by atoms with E-state index in [1.54, 1.807) is 48.5 Å². The Morgan fingerprint density at radius 1 is 1.20 bits per heavy atom. The van der Waals surface area contributed by atoms with E-state index in [0.29, 0.717) is 34.5 Å². The largest absolute Gasteiger partial charge is 0.477 e. The monoisotopic (exact) mass is 425 g/mol. The molecule has 1 aromatic heterocycles. The van der Waals surface area contributed by atoms with E-state index in [0.717, 1.165) is 5.56 Å². The summed E-state index contributed by atoms with van der Waals surface area (Å²) in [6.07, 6.45) is 1.41. The van der Waals surface area contributed by atoms with Crippen molar-refractivity contribution in [1.82, 2.24) is 10.3 Å². The van der Waals surface area contributed by atoms with E-state index < -0.39 is 6.10 Å². The van der Waals surface area contributed by atoms with Crippen LogP contribution in [0.15, 0.2) is 59.1 Å². The van der Waals surface area contributed by atoms with Crippen molar-refractivity contribution in [2.24, 2.45) is 0 Å². The second kappa shape index (κ2) is 8.59. The van der Waals surface area contributed by atoms with E-state index in [9.17, 15) is 9.59 Å². The molecule has 2 aromatic carbocycles. The minimum atomic E-state index is -0.757. The first-order valence-corrected chi connectivity index (χ1v) is 9.91. The number of aryl methyl sites for hydroxylation is 1. The molecule has 8 heteroatoms. The Kier molecular flexibility index (Phi) is 5.72. The summed E-state index contributed by atoms with van der Waals surface area (Å²) in [5.41, 5.74) is 1.51. The number of nitrogens with one attached hydrogen (secondary N) is 1. The molecule has 30 heavy (non-hydrogen) atoms. The molecule has 1 atom stereocenters. The minimum absolute atomic E-state index is 0.133. The fourth-order valence-corrected chi connectivity index (χ4v) is 3.42. The van der Waals surface area contributed by atoms with Crippen LogP contribution < -0.4 is 15.0 Å². The lowest BCUT2D eigenvalue weighted by molar-refractivity contribution is -0.127. The highest BCUT2D eigenvalue weighted by atomic mass is 35.5. The smallest absolute Gasteiger partial charge is 0.262 e. The number of halogens is 1. The third kappa shape index (κ3) is 4.16. The summed E-state index contributed by atoms with van der Waals surface area (Å²) in [4.78, 5) is 30.9. The highest BCUT2D eigenvalue weighted by molar-refractivity contribution is 6.30. The van der Waals surface area contributed by atoms with Crippen LogP contribution in [0.2, 0.25) is 5.02 Å². The van der Waals surface area contributed by atoms with E-state index in [2.05, 4.69) is 10.3 Å². The van der Waals surface area contributed by atoms with Crippen LogP contribution in [0.5, 0.6) is 5.75 Å². The number of ether oxygens (including phenoxy) is 1. The fourth-order valence-electron chi connectivity index (χ4n) is 3.29. The van der Waals surface area contributed by atoms with Gasteiger partial charge in [0, 0.05) is 30.5 Å². The summed E-state index contributed by atoms with van der Waals surface area (Å²) in [6, 6.07) is 14.4. The fraction of sp³-hybridized carbons (Fsp3) is 0.227. The Morgan fingerprint density at radius 3 is 2.73 bits per heavy atom. The molecule has 0 bridgehead atoms. The number of nitrogens with zero attached hydrogens (tertiary/aromatic N) is 2. The van der Waals surface area contributed by atoms with Crippen molar-refractivity contribution in [3.8, 4) is 17.1 Å². The van der Waals surface area contributed by atoms with Crippen LogP contribution in [-0.2, 0) is 16.0 Å². The van der Waals surface area contributed by atoms with Gasteiger partial charge in [0.2, 0.25) is 5.91 Å². The molecule has 0 aliphatic carbocycles. The van der Waals surface area contributed by atoms with Gasteiger partial charge in [-0.25, -0.2) is 4.98 Å². The summed E-state index contributed by atoms with van der Waals surface area (Å²) >= 11 is 5.92. The third-order valence-corrected chi connectivity index (χ3v) is 5.10. The quantitative estimate of drug-likeness (QED) is 0.676. The first-order valence-electron chi connectivity index (χ1n) is 9.53. The van der Waals surface area contributed by atoms with Gasteiger partial charge in [-0.05, 0) is 36.4 Å². The molecule has 154 valence electrons. The van der Waals surface area contributed by atoms with Crippen LogP contribution in [0.4, 0.5) is 5.69 Å². The number of oxazole rings is 1. The summed E-state index contributed by atoms with van der Waals surface area (Å²) < 4.78 is 11.5. The lowest BCUT2D eigenvalue weighted by Crippen LogP contribution is -2.50. The number of rotatable bonds is 5. The van der Waals surface area contributed by atoms with Gasteiger partial charge < -0.3 is 19.4 Å². The molecule has 0 spiro atoms. The number of para-hydroxylation sites is 2. The van der Waals surface area contributed by atoms with Crippen LogP contribution in [0.1, 0.15) is 12.3 Å². The Labute approximate surface area is 178 Å². The number of hydrogen-bond donors (Lipinski definition) is 1. The number of hydrogen-bond acceptors (Lipinski definition) is 5. The van der Waals surface area contributed by atoms with Gasteiger partial charge in [0.25, 0.3) is 5.91 Å². The van der Waals surface area contributed by atoms with Gasteiger partial charge in [-0.15, -0.1) is 0 Å². The lowest BCUT2D eigenvalue weighted by atomic mass is 10.1. The van der Waals surface area contributed by atoms with E-state index in [-0.39, 0.29) is 24.8 Å².